The highest BCUT2D eigenvalue weighted by atomic mass is 19.1. The predicted octanol–water partition coefficient (Wildman–Crippen LogP) is 1.33. The van der Waals surface area contributed by atoms with Gasteiger partial charge in [0, 0.05) is 17.8 Å². The van der Waals surface area contributed by atoms with Gasteiger partial charge in [-0.3, -0.25) is 0 Å². The van der Waals surface area contributed by atoms with Crippen LogP contribution in [0.5, 0.6) is 0 Å². The standard InChI is InChI=1S/C14H21FN2O4/c1-14(2,3)21-13(20)17-7-11(18)12(19)9-5-4-8(16)6-10(9)15/h4-6,11-12,18-19H,7,16H2,1-3H3,(H,17,20). The summed E-state index contributed by atoms with van der Waals surface area (Å²) in [6.07, 6.45) is -3.59. The van der Waals surface area contributed by atoms with Crippen molar-refractivity contribution >= 4 is 11.8 Å². The second-order valence-electron chi connectivity index (χ2n) is 5.68. The first kappa shape index (κ1) is 17.2. The third kappa shape index (κ3) is 5.57. The molecule has 0 bridgehead atoms. The Labute approximate surface area is 122 Å². The lowest BCUT2D eigenvalue weighted by Gasteiger charge is -2.22. The molecule has 1 amide bonds. The molecule has 2 unspecified atom stereocenters. The van der Waals surface area contributed by atoms with Crippen LogP contribution < -0.4 is 11.1 Å². The van der Waals surface area contributed by atoms with Crippen LogP contribution in [0.3, 0.4) is 0 Å². The molecule has 1 aromatic carbocycles. The fourth-order valence-electron chi connectivity index (χ4n) is 1.60. The maximum absolute atomic E-state index is 13.6. The minimum absolute atomic E-state index is 0.0947. The Hall–Kier alpha value is -1.86. The topological polar surface area (TPSA) is 105 Å². The molecule has 0 radical (unpaired) electrons. The third-order valence-electron chi connectivity index (χ3n) is 2.56. The van der Waals surface area contributed by atoms with Gasteiger partial charge in [-0.2, -0.15) is 0 Å². The predicted molar refractivity (Wildman–Crippen MR) is 76.0 cm³/mol. The van der Waals surface area contributed by atoms with Crippen molar-refractivity contribution in [3.05, 3.63) is 29.6 Å². The number of anilines is 1. The Balaban J connectivity index is 2.59. The number of carbonyl (C=O) groups excluding carboxylic acids is 1. The second kappa shape index (κ2) is 6.73. The average Bonchev–Trinajstić information content (AvgIpc) is 2.33. The SMILES string of the molecule is CC(C)(C)OC(=O)NCC(O)C(O)c1ccc(N)cc1F. The smallest absolute Gasteiger partial charge is 0.407 e. The van der Waals surface area contributed by atoms with Gasteiger partial charge in [0.1, 0.15) is 23.6 Å². The van der Waals surface area contributed by atoms with Crippen LogP contribution in [0, 0.1) is 5.82 Å². The van der Waals surface area contributed by atoms with Crippen LogP contribution in [0.15, 0.2) is 18.2 Å². The number of benzene rings is 1. The molecule has 1 rings (SSSR count). The van der Waals surface area contributed by atoms with Gasteiger partial charge < -0.3 is 26.0 Å². The van der Waals surface area contributed by atoms with Gasteiger partial charge in [-0.15, -0.1) is 0 Å². The molecule has 1 aromatic rings. The van der Waals surface area contributed by atoms with Crippen molar-refractivity contribution in [2.75, 3.05) is 12.3 Å². The zero-order valence-electron chi connectivity index (χ0n) is 12.3. The molecule has 2 atom stereocenters. The molecule has 6 nitrogen and oxygen atoms in total. The quantitative estimate of drug-likeness (QED) is 0.628. The molecule has 0 saturated heterocycles. The van der Waals surface area contributed by atoms with E-state index in [4.69, 9.17) is 10.5 Å². The summed E-state index contributed by atoms with van der Waals surface area (Å²) in [4.78, 5) is 11.4. The molecule has 0 spiro atoms. The summed E-state index contributed by atoms with van der Waals surface area (Å²) in [5.74, 6) is -0.723. The molecule has 0 saturated carbocycles. The number of nitrogen functional groups attached to an aromatic ring is 1. The van der Waals surface area contributed by atoms with Gasteiger partial charge in [-0.05, 0) is 32.9 Å². The molecule has 0 aliphatic carbocycles. The highest BCUT2D eigenvalue weighted by Crippen LogP contribution is 2.22. The summed E-state index contributed by atoms with van der Waals surface area (Å²) >= 11 is 0. The second-order valence-corrected chi connectivity index (χ2v) is 5.68. The Morgan fingerprint density at radius 2 is 2.05 bits per heavy atom. The Morgan fingerprint density at radius 1 is 1.43 bits per heavy atom. The lowest BCUT2D eigenvalue weighted by molar-refractivity contribution is 0.0113. The van der Waals surface area contributed by atoms with Gasteiger partial charge in [0.2, 0.25) is 0 Å². The van der Waals surface area contributed by atoms with E-state index in [9.17, 15) is 19.4 Å². The number of aliphatic hydroxyl groups excluding tert-OH is 2. The Morgan fingerprint density at radius 3 is 2.57 bits per heavy atom. The van der Waals surface area contributed by atoms with Crippen LogP contribution in [-0.4, -0.2) is 34.6 Å². The number of alkyl carbamates (subject to hydrolysis) is 1. The number of carbonyl (C=O) groups is 1. The van der Waals surface area contributed by atoms with Crippen LogP contribution >= 0.6 is 0 Å². The summed E-state index contributed by atoms with van der Waals surface area (Å²) in [5.41, 5.74) is 4.85. The lowest BCUT2D eigenvalue weighted by atomic mass is 10.0. The first-order valence-corrected chi connectivity index (χ1v) is 6.48. The van der Waals surface area contributed by atoms with Crippen molar-refractivity contribution < 1.29 is 24.1 Å². The van der Waals surface area contributed by atoms with E-state index in [1.165, 1.54) is 12.1 Å². The fourth-order valence-corrected chi connectivity index (χ4v) is 1.60. The van der Waals surface area contributed by atoms with E-state index in [1.54, 1.807) is 20.8 Å². The number of ether oxygens (including phenoxy) is 1. The van der Waals surface area contributed by atoms with E-state index < -0.39 is 29.7 Å². The number of rotatable bonds is 4. The number of halogens is 1. The van der Waals surface area contributed by atoms with E-state index >= 15 is 0 Å². The van der Waals surface area contributed by atoms with Crippen LogP contribution in [-0.2, 0) is 4.74 Å². The fraction of sp³-hybridized carbons (Fsp3) is 0.500. The average molecular weight is 300 g/mol. The molecule has 0 aliphatic rings. The van der Waals surface area contributed by atoms with E-state index in [0.29, 0.717) is 0 Å². The minimum atomic E-state index is -1.49. The van der Waals surface area contributed by atoms with Gasteiger partial charge in [-0.25, -0.2) is 9.18 Å². The molecular formula is C14H21FN2O4. The van der Waals surface area contributed by atoms with Gasteiger partial charge in [-0.1, -0.05) is 6.07 Å². The maximum atomic E-state index is 13.6. The monoisotopic (exact) mass is 300 g/mol. The number of hydrogen-bond acceptors (Lipinski definition) is 5. The number of hydrogen-bond donors (Lipinski definition) is 4. The zero-order chi connectivity index (χ0) is 16.2. The molecule has 0 fully saturated rings. The van der Waals surface area contributed by atoms with Crippen molar-refractivity contribution in [3.8, 4) is 0 Å². The van der Waals surface area contributed by atoms with E-state index in [0.717, 1.165) is 6.07 Å². The largest absolute Gasteiger partial charge is 0.444 e. The molecule has 0 aliphatic heterocycles. The van der Waals surface area contributed by atoms with Crippen LogP contribution in [0.1, 0.15) is 32.4 Å². The Kier molecular flexibility index (Phi) is 5.51. The molecular weight excluding hydrogens is 279 g/mol. The normalized spacial score (nSPS) is 14.4. The van der Waals surface area contributed by atoms with Crippen LogP contribution in [0.25, 0.3) is 0 Å². The van der Waals surface area contributed by atoms with Gasteiger partial charge in [0.25, 0.3) is 0 Å². The molecule has 118 valence electrons. The van der Waals surface area contributed by atoms with E-state index in [-0.39, 0.29) is 17.8 Å². The van der Waals surface area contributed by atoms with E-state index in [2.05, 4.69) is 5.32 Å². The molecule has 0 heterocycles. The lowest BCUT2D eigenvalue weighted by Crippen LogP contribution is -2.39. The van der Waals surface area contributed by atoms with Crippen LogP contribution in [0.4, 0.5) is 14.9 Å². The van der Waals surface area contributed by atoms with E-state index in [1.807, 2.05) is 0 Å². The van der Waals surface area contributed by atoms with Gasteiger partial charge in [0.05, 0.1) is 0 Å². The van der Waals surface area contributed by atoms with Crippen molar-refractivity contribution in [2.45, 2.75) is 38.6 Å². The van der Waals surface area contributed by atoms with Crippen molar-refractivity contribution in [1.29, 1.82) is 0 Å². The highest BCUT2D eigenvalue weighted by Gasteiger charge is 2.23. The van der Waals surface area contributed by atoms with Gasteiger partial charge in [0.15, 0.2) is 0 Å². The molecule has 21 heavy (non-hydrogen) atoms. The molecule has 7 heteroatoms. The summed E-state index contributed by atoms with van der Waals surface area (Å²) in [6, 6.07) is 3.74. The summed E-state index contributed by atoms with van der Waals surface area (Å²) in [5, 5.41) is 22.0. The zero-order valence-corrected chi connectivity index (χ0v) is 12.3. The number of aliphatic hydroxyl groups is 2. The summed E-state index contributed by atoms with van der Waals surface area (Å²) in [7, 11) is 0. The number of nitrogens with two attached hydrogens (primary N) is 1. The van der Waals surface area contributed by atoms with Gasteiger partial charge >= 0.3 is 6.09 Å². The number of nitrogens with one attached hydrogen (secondary N) is 1. The first-order chi connectivity index (χ1) is 9.60. The molecule has 0 aromatic heterocycles. The maximum Gasteiger partial charge on any atom is 0.407 e. The summed E-state index contributed by atoms with van der Waals surface area (Å²) in [6.45, 7) is 4.81. The first-order valence-electron chi connectivity index (χ1n) is 6.48. The molecule has 5 N–H and O–H groups in total. The minimum Gasteiger partial charge on any atom is -0.444 e. The van der Waals surface area contributed by atoms with Crippen molar-refractivity contribution in [1.82, 2.24) is 5.32 Å². The van der Waals surface area contributed by atoms with Crippen molar-refractivity contribution in [2.24, 2.45) is 0 Å². The van der Waals surface area contributed by atoms with Crippen molar-refractivity contribution in [3.63, 3.8) is 0 Å². The summed E-state index contributed by atoms with van der Waals surface area (Å²) < 4.78 is 18.6. The van der Waals surface area contributed by atoms with Crippen LogP contribution in [0.2, 0.25) is 0 Å². The Bertz CT molecular complexity index is 502. The third-order valence-corrected chi connectivity index (χ3v) is 2.56. The number of amides is 1. The highest BCUT2D eigenvalue weighted by molar-refractivity contribution is 5.67.